The van der Waals surface area contributed by atoms with Gasteiger partial charge in [-0.2, -0.15) is 0 Å². The van der Waals surface area contributed by atoms with Crippen molar-refractivity contribution in [3.63, 3.8) is 0 Å². The van der Waals surface area contributed by atoms with Crippen molar-refractivity contribution >= 4 is 29.4 Å². The van der Waals surface area contributed by atoms with Crippen LogP contribution in [0.5, 0.6) is 5.75 Å². The molecule has 0 saturated carbocycles. The van der Waals surface area contributed by atoms with E-state index in [2.05, 4.69) is 5.32 Å². The molecule has 0 aromatic heterocycles. The third kappa shape index (κ3) is 6.78. The topological polar surface area (TPSA) is 108 Å². The first kappa shape index (κ1) is 27.5. The fourth-order valence-electron chi connectivity index (χ4n) is 4.25. The molecule has 1 fully saturated rings. The molecular formula is C27H34N4O6. The van der Waals surface area contributed by atoms with Crippen LogP contribution in [0.1, 0.15) is 22.8 Å². The van der Waals surface area contributed by atoms with Crippen molar-refractivity contribution in [2.45, 2.75) is 25.4 Å². The average molecular weight is 511 g/mol. The van der Waals surface area contributed by atoms with Crippen LogP contribution in [-0.4, -0.2) is 93.5 Å². The molecular weight excluding hydrogens is 476 g/mol. The molecule has 3 amide bonds. The Morgan fingerprint density at radius 3 is 2.19 bits per heavy atom. The zero-order chi connectivity index (χ0) is 27.1. The van der Waals surface area contributed by atoms with Crippen LogP contribution in [-0.2, 0) is 25.5 Å². The lowest BCUT2D eigenvalue weighted by molar-refractivity contribution is -0.147. The molecule has 0 aliphatic carbocycles. The highest BCUT2D eigenvalue weighted by atomic mass is 16.5. The first-order chi connectivity index (χ1) is 17.6. The van der Waals surface area contributed by atoms with E-state index in [0.717, 1.165) is 11.3 Å². The molecule has 2 aromatic carbocycles. The van der Waals surface area contributed by atoms with Gasteiger partial charge in [0, 0.05) is 51.8 Å². The summed E-state index contributed by atoms with van der Waals surface area (Å²) in [6, 6.07) is 12.4. The van der Waals surface area contributed by atoms with Crippen LogP contribution in [0.2, 0.25) is 0 Å². The monoisotopic (exact) mass is 510 g/mol. The van der Waals surface area contributed by atoms with Gasteiger partial charge in [-0.25, -0.2) is 4.79 Å². The number of esters is 1. The van der Waals surface area contributed by atoms with Gasteiger partial charge in [0.15, 0.2) is 0 Å². The summed E-state index contributed by atoms with van der Waals surface area (Å²) >= 11 is 0. The third-order valence-corrected chi connectivity index (χ3v) is 6.41. The highest BCUT2D eigenvalue weighted by Gasteiger charge is 2.37. The lowest BCUT2D eigenvalue weighted by atomic mass is 10.0. The number of rotatable bonds is 8. The molecule has 2 aromatic rings. The summed E-state index contributed by atoms with van der Waals surface area (Å²) in [6.45, 7) is 1.89. The maximum Gasteiger partial charge on any atom is 0.328 e. The fraction of sp³-hybridized carbons (Fsp3) is 0.407. The van der Waals surface area contributed by atoms with Crippen molar-refractivity contribution in [2.75, 3.05) is 52.8 Å². The van der Waals surface area contributed by atoms with Crippen LogP contribution in [0.3, 0.4) is 0 Å². The molecule has 10 nitrogen and oxygen atoms in total. The average Bonchev–Trinajstić information content (AvgIpc) is 2.91. The van der Waals surface area contributed by atoms with E-state index in [0.29, 0.717) is 17.9 Å². The summed E-state index contributed by atoms with van der Waals surface area (Å²) in [6.07, 6.45) is 0.191. The molecule has 3 rings (SSSR count). The second-order valence-electron chi connectivity index (χ2n) is 9.06. The lowest BCUT2D eigenvalue weighted by Crippen LogP contribution is -2.62. The molecule has 1 aliphatic heterocycles. The van der Waals surface area contributed by atoms with Crippen molar-refractivity contribution in [2.24, 2.45) is 0 Å². The van der Waals surface area contributed by atoms with Gasteiger partial charge in [-0.1, -0.05) is 12.1 Å². The summed E-state index contributed by atoms with van der Waals surface area (Å²) < 4.78 is 10.1. The number of nitrogens with one attached hydrogen (secondary N) is 1. The summed E-state index contributed by atoms with van der Waals surface area (Å²) in [5, 5.41) is 2.74. The van der Waals surface area contributed by atoms with Gasteiger partial charge in [0.2, 0.25) is 11.8 Å². The summed E-state index contributed by atoms with van der Waals surface area (Å²) in [5.74, 6) is -0.980. The second kappa shape index (κ2) is 12.2. The molecule has 1 heterocycles. The van der Waals surface area contributed by atoms with E-state index in [4.69, 9.17) is 9.47 Å². The van der Waals surface area contributed by atoms with Crippen LogP contribution in [0, 0.1) is 0 Å². The van der Waals surface area contributed by atoms with E-state index in [-0.39, 0.29) is 31.3 Å². The van der Waals surface area contributed by atoms with Gasteiger partial charge in [-0.05, 0) is 42.0 Å². The maximum absolute atomic E-state index is 13.4. The van der Waals surface area contributed by atoms with Crippen molar-refractivity contribution in [3.05, 3.63) is 59.7 Å². The Hall–Kier alpha value is -4.08. The molecule has 0 unspecified atom stereocenters. The number of nitrogens with zero attached hydrogens (tertiary/aromatic N) is 3. The van der Waals surface area contributed by atoms with Crippen LogP contribution in [0.15, 0.2) is 48.5 Å². The largest absolute Gasteiger partial charge is 0.497 e. The highest BCUT2D eigenvalue weighted by Crippen LogP contribution is 2.18. The van der Waals surface area contributed by atoms with Gasteiger partial charge in [0.25, 0.3) is 5.91 Å². The van der Waals surface area contributed by atoms with E-state index >= 15 is 0 Å². The number of carbonyl (C=O) groups is 4. The summed E-state index contributed by atoms with van der Waals surface area (Å²) in [5.41, 5.74) is 2.25. The number of carbonyl (C=O) groups excluding carboxylic acids is 4. The van der Waals surface area contributed by atoms with Crippen molar-refractivity contribution in [1.29, 1.82) is 0 Å². The smallest absolute Gasteiger partial charge is 0.328 e. The molecule has 1 saturated heterocycles. The predicted octanol–water partition coefficient (Wildman–Crippen LogP) is 1.33. The molecule has 37 heavy (non-hydrogen) atoms. The molecule has 1 N–H and O–H groups in total. The van der Waals surface area contributed by atoms with Crippen molar-refractivity contribution in [1.82, 2.24) is 15.1 Å². The van der Waals surface area contributed by atoms with Crippen molar-refractivity contribution < 1.29 is 28.7 Å². The molecule has 198 valence electrons. The van der Waals surface area contributed by atoms with E-state index in [1.54, 1.807) is 48.4 Å². The molecule has 0 spiro atoms. The Labute approximate surface area is 217 Å². The number of hydrogen-bond donors (Lipinski definition) is 1. The first-order valence-electron chi connectivity index (χ1n) is 12.0. The Bertz CT molecular complexity index is 1120. The molecule has 10 heteroatoms. The van der Waals surface area contributed by atoms with Crippen LogP contribution >= 0.6 is 0 Å². The Morgan fingerprint density at radius 1 is 1.00 bits per heavy atom. The fourth-order valence-corrected chi connectivity index (χ4v) is 4.25. The minimum Gasteiger partial charge on any atom is -0.497 e. The maximum atomic E-state index is 13.4. The molecule has 0 radical (unpaired) electrons. The number of piperazine rings is 1. The lowest BCUT2D eigenvalue weighted by Gasteiger charge is -2.40. The van der Waals surface area contributed by atoms with E-state index in [1.165, 1.54) is 18.9 Å². The van der Waals surface area contributed by atoms with Crippen LogP contribution in [0.25, 0.3) is 0 Å². The number of anilines is 1. The van der Waals surface area contributed by atoms with Gasteiger partial charge < -0.3 is 29.5 Å². The van der Waals surface area contributed by atoms with Gasteiger partial charge in [-0.3, -0.25) is 14.4 Å². The Morgan fingerprint density at radius 2 is 1.65 bits per heavy atom. The van der Waals surface area contributed by atoms with E-state index < -0.39 is 24.0 Å². The number of hydrogen-bond acceptors (Lipinski definition) is 7. The van der Waals surface area contributed by atoms with Crippen LogP contribution < -0.4 is 15.0 Å². The number of methoxy groups -OCH3 is 2. The van der Waals surface area contributed by atoms with Gasteiger partial charge in [-0.15, -0.1) is 0 Å². The number of ether oxygens (including phenoxy) is 2. The summed E-state index contributed by atoms with van der Waals surface area (Å²) in [4.78, 5) is 56.3. The van der Waals surface area contributed by atoms with Gasteiger partial charge in [0.05, 0.1) is 20.8 Å². The zero-order valence-electron chi connectivity index (χ0n) is 21.9. The van der Waals surface area contributed by atoms with Crippen LogP contribution in [0.4, 0.5) is 5.69 Å². The van der Waals surface area contributed by atoms with Gasteiger partial charge >= 0.3 is 5.97 Å². The molecule has 0 bridgehead atoms. The van der Waals surface area contributed by atoms with E-state index in [9.17, 15) is 19.2 Å². The standard InChI is InChI=1S/C27H34N4O6/c1-18(32)31-15-14-30(26(34)20-8-10-21(11-9-20)29(2)3)17-24(31)25(33)28-23(27(35)37-5)16-19-6-12-22(36-4)13-7-19/h6-13,23-24H,14-17H2,1-5H3,(H,28,33)/t23-,24+/m0/s1. The zero-order valence-corrected chi connectivity index (χ0v) is 21.9. The van der Waals surface area contributed by atoms with Crippen molar-refractivity contribution in [3.8, 4) is 5.75 Å². The normalized spacial score (nSPS) is 16.0. The second-order valence-corrected chi connectivity index (χ2v) is 9.06. The SMILES string of the molecule is COC(=O)[C@H](Cc1ccc(OC)cc1)NC(=O)[C@H]1CN(C(=O)c2ccc(N(C)C)cc2)CCN1C(C)=O. The Kier molecular flexibility index (Phi) is 9.10. The summed E-state index contributed by atoms with van der Waals surface area (Å²) in [7, 11) is 6.64. The molecule has 2 atom stereocenters. The highest BCUT2D eigenvalue weighted by molar-refractivity contribution is 5.96. The number of benzene rings is 2. The molecule has 1 aliphatic rings. The minimum absolute atomic E-state index is 0.0100. The number of amides is 3. The van der Waals surface area contributed by atoms with E-state index in [1.807, 2.05) is 31.1 Å². The van der Waals surface area contributed by atoms with Gasteiger partial charge in [0.1, 0.15) is 17.8 Å². The minimum atomic E-state index is -0.968. The third-order valence-electron chi connectivity index (χ3n) is 6.41. The quantitative estimate of drug-likeness (QED) is 0.534. The Balaban J connectivity index is 1.76. The first-order valence-corrected chi connectivity index (χ1v) is 12.0. The predicted molar refractivity (Wildman–Crippen MR) is 138 cm³/mol.